The van der Waals surface area contributed by atoms with Crippen LogP contribution in [0.15, 0.2) is 60.7 Å². The molecule has 1 aliphatic heterocycles. The number of anilines is 1. The smallest absolute Gasteiger partial charge is 0.328 e. The first-order valence-corrected chi connectivity index (χ1v) is 8.24. The second kappa shape index (κ2) is 8.82. The normalized spacial score (nSPS) is 18.5. The number of hydrogen-bond acceptors (Lipinski definition) is 4. The van der Waals surface area contributed by atoms with Gasteiger partial charge in [0.15, 0.2) is 0 Å². The van der Waals surface area contributed by atoms with Crippen molar-refractivity contribution in [2.75, 3.05) is 19.3 Å². The van der Waals surface area contributed by atoms with E-state index in [1.807, 2.05) is 6.07 Å². The fraction of sp³-hybridized carbons (Fsp3) is 0.200. The summed E-state index contributed by atoms with van der Waals surface area (Å²) in [5, 5.41) is 17.2. The molecule has 0 saturated heterocycles. The number of carbonyl (C=O) groups is 2. The van der Waals surface area contributed by atoms with E-state index < -0.39 is 11.9 Å². The first-order valence-electron chi connectivity index (χ1n) is 8.24. The third kappa shape index (κ3) is 5.19. The topological polar surface area (TPSA) is 108 Å². The Labute approximate surface area is 152 Å². The average Bonchev–Trinajstić information content (AvgIpc) is 2.61. The maximum atomic E-state index is 9.53. The summed E-state index contributed by atoms with van der Waals surface area (Å²) in [6, 6.07) is 17.1. The molecule has 0 radical (unpaired) electrons. The number of benzene rings is 2. The van der Waals surface area contributed by atoms with Crippen LogP contribution in [0.2, 0.25) is 0 Å². The van der Waals surface area contributed by atoms with Crippen LogP contribution in [-0.2, 0) is 16.1 Å². The Balaban J connectivity index is 0.000000260. The third-order valence-electron chi connectivity index (χ3n) is 4.22. The van der Waals surface area contributed by atoms with E-state index in [1.165, 1.54) is 21.6 Å². The Morgan fingerprint density at radius 3 is 2.42 bits per heavy atom. The van der Waals surface area contributed by atoms with E-state index in [9.17, 15) is 14.7 Å². The van der Waals surface area contributed by atoms with Gasteiger partial charge in [-0.3, -0.25) is 0 Å². The van der Waals surface area contributed by atoms with Crippen LogP contribution in [0.5, 0.6) is 0 Å². The van der Waals surface area contributed by atoms with Gasteiger partial charge in [-0.15, -0.1) is 0 Å². The van der Waals surface area contributed by atoms with Crippen molar-refractivity contribution in [1.82, 2.24) is 0 Å². The van der Waals surface area contributed by atoms with E-state index in [2.05, 4.69) is 49.5 Å². The van der Waals surface area contributed by atoms with Crippen molar-refractivity contribution in [2.45, 2.75) is 12.5 Å². The molecule has 2 atom stereocenters. The van der Waals surface area contributed by atoms with Crippen LogP contribution in [0.1, 0.15) is 22.6 Å². The summed E-state index contributed by atoms with van der Waals surface area (Å²) in [7, 11) is 2.24. The number of carboxylic acid groups (broad SMARTS) is 2. The molecule has 1 aliphatic rings. The second-order valence-corrected chi connectivity index (χ2v) is 6.21. The number of nitrogen functional groups attached to an aromatic ring is 1. The fourth-order valence-electron chi connectivity index (χ4n) is 3.11. The molecule has 6 nitrogen and oxygen atoms in total. The summed E-state index contributed by atoms with van der Waals surface area (Å²) in [5.74, 6) is -2.33. The van der Waals surface area contributed by atoms with Gasteiger partial charge >= 0.3 is 5.97 Å². The zero-order valence-electron chi connectivity index (χ0n) is 14.5. The molecule has 3 rings (SSSR count). The molecule has 0 saturated carbocycles. The third-order valence-corrected chi connectivity index (χ3v) is 4.22. The second-order valence-electron chi connectivity index (χ2n) is 6.21. The fourth-order valence-corrected chi connectivity index (χ4v) is 3.11. The summed E-state index contributed by atoms with van der Waals surface area (Å²) in [5.41, 5.74) is 11.2. The standard InChI is InChI=1S/C16H18N2.C4H4O4/c1-18-10-14(12-6-3-2-4-7-12)13-8-5-9-16(17)15(13)11-18;5-3(6)1-2-4(7)8/h2-9,14H,10-11,17H2,1H3;1-2H,(H,5,6)(H,7,8)/b;2-1+. The van der Waals surface area contributed by atoms with Crippen molar-refractivity contribution in [3.63, 3.8) is 0 Å². The molecule has 0 fully saturated rings. The number of nitrogens with two attached hydrogens (primary N) is 1. The van der Waals surface area contributed by atoms with Crippen LogP contribution in [0.25, 0.3) is 0 Å². The van der Waals surface area contributed by atoms with Gasteiger partial charge in [0, 0.05) is 17.3 Å². The molecule has 6 heteroatoms. The molecule has 2 aromatic rings. The monoisotopic (exact) mass is 354 g/mol. The van der Waals surface area contributed by atoms with Crippen LogP contribution in [0.4, 0.5) is 5.69 Å². The summed E-state index contributed by atoms with van der Waals surface area (Å²) in [6.45, 7) is 2.17. The van der Waals surface area contributed by atoms with Gasteiger partial charge in [0.25, 0.3) is 0 Å². The van der Waals surface area contributed by atoms with Gasteiger partial charge in [-0.2, -0.15) is 0 Å². The highest BCUT2D eigenvalue weighted by molar-refractivity contribution is 5.88. The summed E-state index contributed by atoms with van der Waals surface area (Å²) < 4.78 is 0. The molecule has 0 amide bonds. The van der Waals surface area contributed by atoms with Crippen molar-refractivity contribution in [3.05, 3.63) is 77.4 Å². The maximum absolute atomic E-state index is 9.53. The Morgan fingerprint density at radius 2 is 1.85 bits per heavy atom. The van der Waals surface area contributed by atoms with Gasteiger partial charge in [0.1, 0.15) is 6.54 Å². The van der Waals surface area contributed by atoms with Crippen LogP contribution in [0.3, 0.4) is 0 Å². The van der Waals surface area contributed by atoms with E-state index in [-0.39, 0.29) is 0 Å². The van der Waals surface area contributed by atoms with Crippen LogP contribution >= 0.6 is 0 Å². The highest BCUT2D eigenvalue weighted by Crippen LogP contribution is 2.30. The molecular weight excluding hydrogens is 332 g/mol. The maximum Gasteiger partial charge on any atom is 0.328 e. The number of carbonyl (C=O) groups excluding carboxylic acids is 1. The number of hydrogen-bond donors (Lipinski definition) is 3. The Kier molecular flexibility index (Phi) is 6.52. The number of likely N-dealkylation sites (N-methyl/N-ethyl adjacent to an activating group) is 1. The summed E-state index contributed by atoms with van der Waals surface area (Å²) in [4.78, 5) is 20.5. The minimum Gasteiger partial charge on any atom is -0.545 e. The van der Waals surface area contributed by atoms with Gasteiger partial charge in [0.2, 0.25) is 0 Å². The van der Waals surface area contributed by atoms with Crippen molar-refractivity contribution in [2.24, 2.45) is 0 Å². The molecule has 2 aromatic carbocycles. The Hall–Kier alpha value is -3.12. The SMILES string of the molecule is C[NH+]1Cc2c(N)cccc2C(c2ccccc2)C1.O=C([O-])/C=C/C(=O)O. The summed E-state index contributed by atoms with van der Waals surface area (Å²) in [6.07, 6.45) is 0.942. The number of nitrogens with one attached hydrogen (secondary N) is 1. The lowest BCUT2D eigenvalue weighted by Gasteiger charge is -2.30. The Bertz CT molecular complexity index is 787. The van der Waals surface area contributed by atoms with Gasteiger partial charge < -0.3 is 25.6 Å². The highest BCUT2D eigenvalue weighted by Gasteiger charge is 2.28. The van der Waals surface area contributed by atoms with Crippen molar-refractivity contribution in [1.29, 1.82) is 0 Å². The van der Waals surface area contributed by atoms with Crippen molar-refractivity contribution >= 4 is 17.6 Å². The van der Waals surface area contributed by atoms with Gasteiger partial charge in [-0.1, -0.05) is 42.5 Å². The van der Waals surface area contributed by atoms with Crippen molar-refractivity contribution < 1.29 is 24.7 Å². The molecule has 1 heterocycles. The van der Waals surface area contributed by atoms with Crippen LogP contribution < -0.4 is 15.7 Å². The van der Waals surface area contributed by atoms with E-state index >= 15 is 0 Å². The number of aliphatic carboxylic acids is 2. The van der Waals surface area contributed by atoms with Gasteiger partial charge in [0.05, 0.1) is 25.5 Å². The van der Waals surface area contributed by atoms with E-state index in [0.717, 1.165) is 18.8 Å². The number of rotatable bonds is 3. The van der Waals surface area contributed by atoms with Crippen LogP contribution in [0, 0.1) is 0 Å². The molecule has 26 heavy (non-hydrogen) atoms. The first kappa shape index (κ1) is 19.2. The lowest BCUT2D eigenvalue weighted by Crippen LogP contribution is -3.09. The molecule has 0 spiro atoms. The molecule has 0 bridgehead atoms. The molecule has 2 unspecified atom stereocenters. The van der Waals surface area contributed by atoms with Crippen LogP contribution in [-0.4, -0.2) is 30.6 Å². The van der Waals surface area contributed by atoms with E-state index in [1.54, 1.807) is 0 Å². The quantitative estimate of drug-likeness (QED) is 0.523. The summed E-state index contributed by atoms with van der Waals surface area (Å²) >= 11 is 0. The lowest BCUT2D eigenvalue weighted by atomic mass is 9.84. The van der Waals surface area contributed by atoms with Gasteiger partial charge in [-0.25, -0.2) is 4.79 Å². The largest absolute Gasteiger partial charge is 0.545 e. The zero-order valence-corrected chi connectivity index (χ0v) is 14.5. The number of quaternary nitrogens is 1. The highest BCUT2D eigenvalue weighted by atomic mass is 16.4. The molecule has 0 aliphatic carbocycles. The van der Waals surface area contributed by atoms with E-state index in [4.69, 9.17) is 10.8 Å². The van der Waals surface area contributed by atoms with Crippen molar-refractivity contribution in [3.8, 4) is 0 Å². The minimum atomic E-state index is -1.51. The number of carboxylic acids is 2. The minimum absolute atomic E-state index is 0.447. The molecule has 0 aromatic heterocycles. The predicted molar refractivity (Wildman–Crippen MR) is 96.4 cm³/mol. The lowest BCUT2D eigenvalue weighted by molar-refractivity contribution is -0.896. The molecule has 4 N–H and O–H groups in total. The van der Waals surface area contributed by atoms with Gasteiger partial charge in [-0.05, 0) is 23.3 Å². The molecular formula is C20H22N2O4. The predicted octanol–water partition coefficient (Wildman–Crippen LogP) is -0.194. The first-order chi connectivity index (χ1) is 12.4. The Morgan fingerprint density at radius 1 is 1.15 bits per heavy atom. The average molecular weight is 354 g/mol. The zero-order chi connectivity index (χ0) is 19.1. The van der Waals surface area contributed by atoms with E-state index in [0.29, 0.717) is 18.1 Å². The number of fused-ring (bicyclic) bond motifs is 1. The molecule has 136 valence electrons.